The molecule has 0 aliphatic carbocycles. The van der Waals surface area contributed by atoms with E-state index in [0.717, 1.165) is 11.5 Å². The maximum atomic E-state index is 11.5. The van der Waals surface area contributed by atoms with Crippen molar-refractivity contribution < 1.29 is 9.53 Å². The van der Waals surface area contributed by atoms with Crippen LogP contribution in [0.4, 0.5) is 5.82 Å². The van der Waals surface area contributed by atoms with Crippen LogP contribution in [0.2, 0.25) is 0 Å². The molecule has 2 aromatic rings. The van der Waals surface area contributed by atoms with Gasteiger partial charge in [0, 0.05) is 26.0 Å². The van der Waals surface area contributed by atoms with Gasteiger partial charge in [0.15, 0.2) is 0 Å². The minimum atomic E-state index is -0.0656. The Balaban J connectivity index is 1.90. The number of aromatic nitrogens is 2. The molecule has 0 aliphatic rings. The minimum Gasteiger partial charge on any atom is -0.383 e. The number of nitrogens with one attached hydrogen (secondary N) is 2. The molecule has 2 rings (SSSR count). The number of imidazole rings is 1. The molecule has 6 heteroatoms. The van der Waals surface area contributed by atoms with Gasteiger partial charge in [0.05, 0.1) is 13.2 Å². The molecule has 0 radical (unpaired) electrons. The summed E-state index contributed by atoms with van der Waals surface area (Å²) in [6.45, 7) is 1.26. The molecule has 0 fully saturated rings. The second kappa shape index (κ2) is 6.02. The summed E-state index contributed by atoms with van der Waals surface area (Å²) >= 11 is 0. The first-order valence-corrected chi connectivity index (χ1v) is 5.73. The van der Waals surface area contributed by atoms with Gasteiger partial charge in [0.2, 0.25) is 5.91 Å². The number of methoxy groups -OCH3 is 1. The van der Waals surface area contributed by atoms with Crippen molar-refractivity contribution in [1.29, 1.82) is 0 Å². The van der Waals surface area contributed by atoms with Crippen LogP contribution in [0.5, 0.6) is 0 Å². The Morgan fingerprint density at radius 2 is 2.39 bits per heavy atom. The zero-order chi connectivity index (χ0) is 12.8. The molecule has 2 N–H and O–H groups in total. The molecule has 18 heavy (non-hydrogen) atoms. The Labute approximate surface area is 105 Å². The summed E-state index contributed by atoms with van der Waals surface area (Å²) in [6.07, 6.45) is 3.57. The lowest BCUT2D eigenvalue weighted by atomic mass is 10.4. The Morgan fingerprint density at radius 1 is 1.50 bits per heavy atom. The average molecular weight is 248 g/mol. The van der Waals surface area contributed by atoms with Crippen LogP contribution < -0.4 is 10.6 Å². The minimum absolute atomic E-state index is 0.0656. The molecule has 0 bridgehead atoms. The largest absolute Gasteiger partial charge is 0.383 e. The van der Waals surface area contributed by atoms with Gasteiger partial charge in [-0.15, -0.1) is 0 Å². The fraction of sp³-hybridized carbons (Fsp3) is 0.333. The third-order valence-corrected chi connectivity index (χ3v) is 2.49. The van der Waals surface area contributed by atoms with Crippen LogP contribution in [0.15, 0.2) is 30.6 Å². The summed E-state index contributed by atoms with van der Waals surface area (Å²) in [5.74, 6) is 0.774. The number of hydrogen-bond acceptors (Lipinski definition) is 4. The number of carbonyl (C=O) groups excluding carboxylic acids is 1. The number of anilines is 1. The van der Waals surface area contributed by atoms with Crippen LogP contribution in [-0.2, 0) is 9.53 Å². The molecule has 6 nitrogen and oxygen atoms in total. The number of carbonyl (C=O) groups is 1. The molecule has 1 amide bonds. The van der Waals surface area contributed by atoms with Crippen molar-refractivity contribution in [3.05, 3.63) is 30.6 Å². The lowest BCUT2D eigenvalue weighted by molar-refractivity contribution is -0.119. The molecule has 0 unspecified atom stereocenters. The van der Waals surface area contributed by atoms with E-state index in [2.05, 4.69) is 15.6 Å². The molecule has 0 aromatic carbocycles. The zero-order valence-corrected chi connectivity index (χ0v) is 10.2. The van der Waals surface area contributed by atoms with Crippen molar-refractivity contribution in [2.24, 2.45) is 0 Å². The Hall–Kier alpha value is -2.08. The van der Waals surface area contributed by atoms with Crippen LogP contribution >= 0.6 is 0 Å². The number of rotatable bonds is 6. The van der Waals surface area contributed by atoms with Crippen LogP contribution in [0, 0.1) is 0 Å². The van der Waals surface area contributed by atoms with Crippen molar-refractivity contribution >= 4 is 17.4 Å². The summed E-state index contributed by atoms with van der Waals surface area (Å²) in [5, 5.41) is 5.81. The van der Waals surface area contributed by atoms with Crippen molar-refractivity contribution in [2.75, 3.05) is 32.1 Å². The summed E-state index contributed by atoms with van der Waals surface area (Å²) in [5.41, 5.74) is 0.847. The zero-order valence-electron chi connectivity index (χ0n) is 10.2. The van der Waals surface area contributed by atoms with Gasteiger partial charge in [-0.05, 0) is 12.1 Å². The molecule has 0 atom stereocenters. The van der Waals surface area contributed by atoms with Gasteiger partial charge in [-0.2, -0.15) is 0 Å². The average Bonchev–Trinajstić information content (AvgIpc) is 2.85. The lowest BCUT2D eigenvalue weighted by Crippen LogP contribution is -2.32. The second-order valence-electron chi connectivity index (χ2n) is 3.76. The highest BCUT2D eigenvalue weighted by Crippen LogP contribution is 2.10. The van der Waals surface area contributed by atoms with Gasteiger partial charge in [0.25, 0.3) is 0 Å². The molecular weight excluding hydrogens is 232 g/mol. The molecule has 0 saturated heterocycles. The first kappa shape index (κ1) is 12.4. The number of hydrogen-bond donors (Lipinski definition) is 2. The van der Waals surface area contributed by atoms with Gasteiger partial charge >= 0.3 is 0 Å². The summed E-state index contributed by atoms with van der Waals surface area (Å²) in [6, 6.07) is 5.70. The number of pyridine rings is 1. The van der Waals surface area contributed by atoms with E-state index in [1.165, 1.54) is 0 Å². The van der Waals surface area contributed by atoms with E-state index in [0.29, 0.717) is 13.2 Å². The van der Waals surface area contributed by atoms with Crippen molar-refractivity contribution in [3.8, 4) is 0 Å². The summed E-state index contributed by atoms with van der Waals surface area (Å²) in [7, 11) is 1.60. The predicted octanol–water partition coefficient (Wildman–Crippen LogP) is 0.509. The van der Waals surface area contributed by atoms with E-state index in [9.17, 15) is 4.79 Å². The fourth-order valence-corrected chi connectivity index (χ4v) is 1.62. The van der Waals surface area contributed by atoms with Gasteiger partial charge in [-0.25, -0.2) is 4.98 Å². The van der Waals surface area contributed by atoms with E-state index in [1.807, 2.05) is 28.8 Å². The number of nitrogens with zero attached hydrogens (tertiary/aromatic N) is 2. The van der Waals surface area contributed by atoms with Gasteiger partial charge in [0.1, 0.15) is 11.5 Å². The van der Waals surface area contributed by atoms with Crippen LogP contribution in [-0.4, -0.2) is 42.1 Å². The Bertz CT molecular complexity index is 524. The first-order valence-electron chi connectivity index (χ1n) is 5.73. The molecule has 96 valence electrons. The van der Waals surface area contributed by atoms with Crippen LogP contribution in [0.3, 0.4) is 0 Å². The van der Waals surface area contributed by atoms with Gasteiger partial charge < -0.3 is 15.4 Å². The van der Waals surface area contributed by atoms with E-state index in [1.54, 1.807) is 13.3 Å². The second-order valence-corrected chi connectivity index (χ2v) is 3.76. The molecule has 2 heterocycles. The van der Waals surface area contributed by atoms with E-state index in [-0.39, 0.29) is 12.5 Å². The standard InChI is InChI=1S/C12H16N4O2/c1-18-8-6-14-12(17)9-15-11-4-2-3-10-13-5-7-16(10)11/h2-5,7,15H,6,8-9H2,1H3,(H,14,17). The quantitative estimate of drug-likeness (QED) is 0.731. The maximum absolute atomic E-state index is 11.5. The van der Waals surface area contributed by atoms with E-state index in [4.69, 9.17) is 4.74 Å². The fourth-order valence-electron chi connectivity index (χ4n) is 1.62. The maximum Gasteiger partial charge on any atom is 0.239 e. The highest BCUT2D eigenvalue weighted by molar-refractivity contribution is 5.80. The van der Waals surface area contributed by atoms with Crippen molar-refractivity contribution in [3.63, 3.8) is 0 Å². The summed E-state index contributed by atoms with van der Waals surface area (Å²) in [4.78, 5) is 15.7. The smallest absolute Gasteiger partial charge is 0.239 e. The third-order valence-electron chi connectivity index (χ3n) is 2.49. The molecule has 0 spiro atoms. The SMILES string of the molecule is COCCNC(=O)CNc1cccc2nccn12. The molecule has 0 saturated carbocycles. The summed E-state index contributed by atoms with van der Waals surface area (Å²) < 4.78 is 6.75. The van der Waals surface area contributed by atoms with Crippen molar-refractivity contribution in [2.45, 2.75) is 0 Å². The number of ether oxygens (including phenoxy) is 1. The first-order chi connectivity index (χ1) is 8.81. The third kappa shape index (κ3) is 2.98. The highest BCUT2D eigenvalue weighted by atomic mass is 16.5. The Kier molecular flexibility index (Phi) is 4.14. The van der Waals surface area contributed by atoms with Gasteiger partial charge in [-0.3, -0.25) is 9.20 Å². The predicted molar refractivity (Wildman–Crippen MR) is 68.6 cm³/mol. The Morgan fingerprint density at radius 3 is 3.22 bits per heavy atom. The van der Waals surface area contributed by atoms with Crippen LogP contribution in [0.25, 0.3) is 5.65 Å². The van der Waals surface area contributed by atoms with E-state index < -0.39 is 0 Å². The number of fused-ring (bicyclic) bond motifs is 1. The van der Waals surface area contributed by atoms with E-state index >= 15 is 0 Å². The highest BCUT2D eigenvalue weighted by Gasteiger charge is 2.03. The van der Waals surface area contributed by atoms with Gasteiger partial charge in [-0.1, -0.05) is 6.07 Å². The van der Waals surface area contributed by atoms with Crippen LogP contribution in [0.1, 0.15) is 0 Å². The monoisotopic (exact) mass is 248 g/mol. The lowest BCUT2D eigenvalue weighted by Gasteiger charge is -2.09. The van der Waals surface area contributed by atoms with Crippen molar-refractivity contribution in [1.82, 2.24) is 14.7 Å². The molecule has 2 aromatic heterocycles. The normalized spacial score (nSPS) is 10.5. The topological polar surface area (TPSA) is 67.7 Å². The molecular formula is C12H16N4O2. The number of amides is 1. The molecule has 0 aliphatic heterocycles.